The number of amides is 1. The second-order valence-electron chi connectivity index (χ2n) is 8.24. The molecule has 0 unspecified atom stereocenters. The van der Waals surface area contributed by atoms with Crippen LogP contribution in [0, 0.1) is 17.7 Å². The lowest BCUT2D eigenvalue weighted by molar-refractivity contribution is -0.130. The first-order valence-corrected chi connectivity index (χ1v) is 12.9. The average molecular weight is 470 g/mol. The van der Waals surface area contributed by atoms with Gasteiger partial charge >= 0.3 is 0 Å². The normalized spacial score (nSPS) is 19.5. The van der Waals surface area contributed by atoms with Crippen molar-refractivity contribution in [3.8, 4) is 0 Å². The predicted molar refractivity (Wildman–Crippen MR) is 119 cm³/mol. The van der Waals surface area contributed by atoms with E-state index in [1.54, 1.807) is 11.6 Å². The summed E-state index contributed by atoms with van der Waals surface area (Å²) in [6.45, 7) is 5.81. The van der Waals surface area contributed by atoms with Gasteiger partial charge in [-0.1, -0.05) is 25.6 Å². The molecule has 3 rings (SSSR count). The Hall–Kier alpha value is -2.14. The third-order valence-electron chi connectivity index (χ3n) is 5.27. The zero-order valence-corrected chi connectivity index (χ0v) is 19.8. The number of sulfonamides is 1. The van der Waals surface area contributed by atoms with Gasteiger partial charge in [-0.2, -0.15) is 0 Å². The van der Waals surface area contributed by atoms with Crippen LogP contribution in [0.5, 0.6) is 0 Å². The second-order valence-corrected chi connectivity index (χ2v) is 11.1. The third-order valence-corrected chi connectivity index (χ3v) is 7.42. The fourth-order valence-corrected chi connectivity index (χ4v) is 5.52. The Bertz CT molecular complexity index is 1020. The lowest BCUT2D eigenvalue weighted by Gasteiger charge is -2.34. The van der Waals surface area contributed by atoms with Crippen LogP contribution in [-0.2, 0) is 28.4 Å². The van der Waals surface area contributed by atoms with E-state index in [0.717, 1.165) is 30.1 Å². The number of halogens is 1. The van der Waals surface area contributed by atoms with Gasteiger partial charge in [0.05, 0.1) is 24.2 Å². The fourth-order valence-electron chi connectivity index (χ4n) is 3.83. The topological polar surface area (TPSA) is 88.4 Å². The van der Waals surface area contributed by atoms with E-state index in [2.05, 4.69) is 24.0 Å². The smallest absolute Gasteiger partial charge is 0.233 e. The maximum atomic E-state index is 13.2. The number of hydrogen-bond acceptors (Lipinski definition) is 6. The molecule has 0 aliphatic carbocycles. The molecule has 31 heavy (non-hydrogen) atoms. The summed E-state index contributed by atoms with van der Waals surface area (Å²) >= 11 is 1.29. The lowest BCUT2D eigenvalue weighted by atomic mass is 9.92. The zero-order chi connectivity index (χ0) is 22.8. The molecular weight excluding hydrogens is 441 g/mol. The van der Waals surface area contributed by atoms with Crippen LogP contribution < -0.4 is 4.31 Å². The van der Waals surface area contributed by atoms with E-state index in [-0.39, 0.29) is 18.2 Å². The number of anilines is 1. The number of likely N-dealkylation sites (tertiary alicyclic amines) is 1. The maximum Gasteiger partial charge on any atom is 0.233 e. The van der Waals surface area contributed by atoms with Crippen LogP contribution in [0.2, 0.25) is 0 Å². The highest BCUT2D eigenvalue weighted by atomic mass is 32.2. The van der Waals surface area contributed by atoms with Crippen molar-refractivity contribution < 1.29 is 17.6 Å². The van der Waals surface area contributed by atoms with Gasteiger partial charge < -0.3 is 9.47 Å². The molecule has 170 valence electrons. The average Bonchev–Trinajstić information content (AvgIpc) is 3.03. The summed E-state index contributed by atoms with van der Waals surface area (Å²) in [5.74, 6) is 1.28. The van der Waals surface area contributed by atoms with Crippen molar-refractivity contribution >= 4 is 33.4 Å². The first-order chi connectivity index (χ1) is 14.5. The molecule has 1 aliphatic rings. The Balaban J connectivity index is 1.69. The molecule has 1 aromatic carbocycles. The van der Waals surface area contributed by atoms with Crippen LogP contribution in [-0.4, -0.2) is 59.1 Å². The van der Waals surface area contributed by atoms with Crippen molar-refractivity contribution in [1.29, 1.82) is 0 Å². The van der Waals surface area contributed by atoms with Gasteiger partial charge in [0, 0.05) is 20.1 Å². The van der Waals surface area contributed by atoms with E-state index in [1.807, 2.05) is 4.90 Å². The fraction of sp³-hybridized carbons (Fsp3) is 0.550. The first kappa shape index (κ1) is 23.5. The minimum Gasteiger partial charge on any atom is -0.341 e. The summed E-state index contributed by atoms with van der Waals surface area (Å²) in [5, 5.41) is 8.78. The number of carbonyl (C=O) groups excluding carboxylic acids is 1. The Morgan fingerprint density at radius 3 is 2.39 bits per heavy atom. The molecule has 2 atom stereocenters. The summed E-state index contributed by atoms with van der Waals surface area (Å²) in [4.78, 5) is 14.5. The number of hydrogen-bond donors (Lipinski definition) is 0. The number of benzene rings is 1. The van der Waals surface area contributed by atoms with E-state index < -0.39 is 15.8 Å². The molecule has 2 aromatic rings. The van der Waals surface area contributed by atoms with Crippen LogP contribution in [0.4, 0.5) is 10.1 Å². The minimum atomic E-state index is -3.63. The maximum absolute atomic E-state index is 13.2. The van der Waals surface area contributed by atoms with Gasteiger partial charge in [-0.15, -0.1) is 10.2 Å². The third kappa shape index (κ3) is 5.97. The molecule has 1 aliphatic heterocycles. The van der Waals surface area contributed by atoms with Gasteiger partial charge in [-0.3, -0.25) is 9.10 Å². The predicted octanol–water partition coefficient (Wildman–Crippen LogP) is 2.52. The largest absolute Gasteiger partial charge is 0.341 e. The number of aromatic nitrogens is 3. The quantitative estimate of drug-likeness (QED) is 0.579. The molecule has 11 heteroatoms. The molecular formula is C20H28FN5O3S2. The number of nitrogens with zero attached hydrogens (tertiary/aromatic N) is 5. The van der Waals surface area contributed by atoms with Crippen LogP contribution in [0.15, 0.2) is 29.4 Å². The van der Waals surface area contributed by atoms with Gasteiger partial charge in [-0.05, 0) is 42.5 Å². The van der Waals surface area contributed by atoms with E-state index in [1.165, 1.54) is 36.0 Å². The highest BCUT2D eigenvalue weighted by molar-refractivity contribution is 7.99. The molecule has 1 fully saturated rings. The number of thioether (sulfide) groups is 1. The molecule has 1 aromatic heterocycles. The summed E-state index contributed by atoms with van der Waals surface area (Å²) in [6.07, 6.45) is 2.22. The second kappa shape index (κ2) is 9.56. The Morgan fingerprint density at radius 1 is 1.19 bits per heavy atom. The number of carbonyl (C=O) groups is 1. The first-order valence-electron chi connectivity index (χ1n) is 10.1. The van der Waals surface area contributed by atoms with E-state index in [9.17, 15) is 17.6 Å². The van der Waals surface area contributed by atoms with Gasteiger partial charge in [0.25, 0.3) is 0 Å². The Morgan fingerprint density at radius 2 is 1.81 bits per heavy atom. The minimum absolute atomic E-state index is 0.0520. The van der Waals surface area contributed by atoms with Crippen LogP contribution in [0.25, 0.3) is 0 Å². The van der Waals surface area contributed by atoms with Gasteiger partial charge in [0.1, 0.15) is 5.82 Å². The Labute approximate surface area is 186 Å². The highest BCUT2D eigenvalue weighted by Crippen LogP contribution is 2.24. The van der Waals surface area contributed by atoms with Crippen LogP contribution in [0.1, 0.15) is 26.1 Å². The molecule has 8 nitrogen and oxygen atoms in total. The monoisotopic (exact) mass is 469 g/mol. The summed E-state index contributed by atoms with van der Waals surface area (Å²) in [6, 6.07) is 5.22. The Kier molecular flexibility index (Phi) is 7.25. The molecule has 1 saturated heterocycles. The van der Waals surface area contributed by atoms with Crippen molar-refractivity contribution in [1.82, 2.24) is 19.7 Å². The number of rotatable bonds is 7. The van der Waals surface area contributed by atoms with Crippen LogP contribution in [0.3, 0.4) is 0 Å². The summed E-state index contributed by atoms with van der Waals surface area (Å²) in [5.41, 5.74) is 0.338. The molecule has 0 spiro atoms. The summed E-state index contributed by atoms with van der Waals surface area (Å²) in [7, 11) is -1.89. The van der Waals surface area contributed by atoms with Crippen LogP contribution >= 0.6 is 11.8 Å². The molecule has 0 bridgehead atoms. The van der Waals surface area contributed by atoms with E-state index in [0.29, 0.717) is 28.5 Å². The van der Waals surface area contributed by atoms with Gasteiger partial charge in [0.15, 0.2) is 11.0 Å². The molecule has 2 heterocycles. The molecule has 0 radical (unpaired) electrons. The zero-order valence-electron chi connectivity index (χ0n) is 18.2. The molecule has 1 amide bonds. The van der Waals surface area contributed by atoms with Crippen molar-refractivity contribution in [3.05, 3.63) is 35.9 Å². The highest BCUT2D eigenvalue weighted by Gasteiger charge is 2.26. The van der Waals surface area contributed by atoms with E-state index >= 15 is 0 Å². The molecule has 0 saturated carbocycles. The lowest BCUT2D eigenvalue weighted by Crippen LogP contribution is -2.43. The molecule has 0 N–H and O–H groups in total. The van der Waals surface area contributed by atoms with Crippen molar-refractivity contribution in [2.75, 3.05) is 29.4 Å². The summed E-state index contributed by atoms with van der Waals surface area (Å²) < 4.78 is 40.7. The van der Waals surface area contributed by atoms with Crippen molar-refractivity contribution in [2.24, 2.45) is 18.9 Å². The standard InChI is InChI=1S/C20H28FN5O3S2/c1-14-9-15(2)11-25(10-14)19(27)13-30-20-23-22-18(24(20)3)12-26(31(4,28)29)17-7-5-16(21)6-8-17/h5-8,14-15H,9-13H2,1-4H3/t14-,15+. The van der Waals surface area contributed by atoms with Gasteiger partial charge in [0.2, 0.25) is 15.9 Å². The van der Waals surface area contributed by atoms with Gasteiger partial charge in [-0.25, -0.2) is 12.8 Å². The number of piperidine rings is 1. The SMILES string of the molecule is C[C@@H]1C[C@H](C)CN(C(=O)CSc2nnc(CN(c3ccc(F)cc3)S(C)(=O)=O)n2C)C1. The van der Waals surface area contributed by atoms with Crippen molar-refractivity contribution in [3.63, 3.8) is 0 Å². The van der Waals surface area contributed by atoms with E-state index in [4.69, 9.17) is 0 Å². The van der Waals surface area contributed by atoms with Crippen molar-refractivity contribution in [2.45, 2.75) is 32.0 Å².